The summed E-state index contributed by atoms with van der Waals surface area (Å²) in [6, 6.07) is 11.3. The van der Waals surface area contributed by atoms with E-state index in [1.807, 2.05) is 37.3 Å². The minimum absolute atomic E-state index is 0.0611. The smallest absolute Gasteiger partial charge is 0.163 e. The van der Waals surface area contributed by atoms with Gasteiger partial charge >= 0.3 is 0 Å². The molecule has 2 atom stereocenters. The van der Waals surface area contributed by atoms with Gasteiger partial charge in [-0.1, -0.05) is 67.8 Å². The van der Waals surface area contributed by atoms with Crippen LogP contribution in [0.5, 0.6) is 5.75 Å². The summed E-state index contributed by atoms with van der Waals surface area (Å²) in [7, 11) is -3.45. The molecule has 2 aromatic carbocycles. The molecule has 0 spiro atoms. The Morgan fingerprint density at radius 2 is 1.87 bits per heavy atom. The first-order chi connectivity index (χ1) is 14.8. The molecule has 1 aliphatic rings. The molecule has 0 aromatic heterocycles. The maximum atomic E-state index is 12.4. The number of phenolic OH excluding ortho intramolecular Hbond substituents is 1. The Kier molecular flexibility index (Phi) is 7.57. The van der Waals surface area contributed by atoms with Crippen molar-refractivity contribution in [2.24, 2.45) is 0 Å². The van der Waals surface area contributed by atoms with Gasteiger partial charge in [-0.3, -0.25) is 0 Å². The van der Waals surface area contributed by atoms with Crippen LogP contribution in [-0.2, 0) is 9.84 Å². The number of benzene rings is 2. The third-order valence-corrected chi connectivity index (χ3v) is 8.15. The van der Waals surface area contributed by atoms with E-state index in [0.717, 1.165) is 40.3 Å². The molecule has 1 aliphatic heterocycles. The van der Waals surface area contributed by atoms with Crippen LogP contribution >= 0.6 is 0 Å². The van der Waals surface area contributed by atoms with Gasteiger partial charge in [-0.2, -0.15) is 0 Å². The summed E-state index contributed by atoms with van der Waals surface area (Å²) >= 11 is 0. The molecule has 0 fully saturated rings. The Hall–Kier alpha value is -2.15. The molecule has 0 bridgehead atoms. The summed E-state index contributed by atoms with van der Waals surface area (Å²) in [5.74, 6) is 0.183. The lowest BCUT2D eigenvalue weighted by atomic mass is 9.92. The van der Waals surface area contributed by atoms with Crippen molar-refractivity contribution in [2.45, 2.75) is 57.3 Å². The van der Waals surface area contributed by atoms with Gasteiger partial charge in [0.2, 0.25) is 0 Å². The predicted octanol–water partition coefficient (Wildman–Crippen LogP) is 4.37. The summed E-state index contributed by atoms with van der Waals surface area (Å²) in [4.78, 5) is 0. The fraction of sp³-hybridized carbons (Fsp3) is 0.440. The van der Waals surface area contributed by atoms with Gasteiger partial charge in [0, 0.05) is 5.39 Å². The number of hydrogen-bond donors (Lipinski definition) is 3. The van der Waals surface area contributed by atoms with E-state index in [1.54, 1.807) is 6.07 Å². The van der Waals surface area contributed by atoms with Gasteiger partial charge in [0.05, 0.1) is 18.5 Å². The standard InChI is InChI=1S/C25H32O5S/c1-3-7-19-16-31(29,30)24(15-26)25(19)23(28)12-10-17(4-2)14-18-11-13-22(27)21-9-6-5-8-20(18)21/h5-6,8-9,11,13-14,23-24,26-28H,3-4,7,10,12,15-16H2,1-2H3/b17-14+/t23-,24+/m1/s1. The maximum Gasteiger partial charge on any atom is 0.163 e. The zero-order chi connectivity index (χ0) is 22.6. The molecule has 0 aliphatic carbocycles. The number of aromatic hydroxyl groups is 1. The normalized spacial score (nSPS) is 19.9. The fourth-order valence-electron chi connectivity index (χ4n) is 4.51. The van der Waals surface area contributed by atoms with Crippen LogP contribution in [0, 0.1) is 0 Å². The largest absolute Gasteiger partial charge is 0.507 e. The average molecular weight is 445 g/mol. The highest BCUT2D eigenvalue weighted by Gasteiger charge is 2.40. The van der Waals surface area contributed by atoms with Gasteiger partial charge in [0.1, 0.15) is 11.0 Å². The van der Waals surface area contributed by atoms with Crippen molar-refractivity contribution in [1.29, 1.82) is 0 Å². The van der Waals surface area contributed by atoms with Crippen molar-refractivity contribution in [3.63, 3.8) is 0 Å². The summed E-state index contributed by atoms with van der Waals surface area (Å²) < 4.78 is 24.9. The van der Waals surface area contributed by atoms with Crippen molar-refractivity contribution in [3.05, 3.63) is 58.7 Å². The summed E-state index contributed by atoms with van der Waals surface area (Å²) in [5, 5.41) is 31.5. The molecule has 3 rings (SSSR count). The second-order valence-electron chi connectivity index (χ2n) is 8.22. The molecule has 1 heterocycles. The molecule has 0 saturated carbocycles. The highest BCUT2D eigenvalue weighted by Crippen LogP contribution is 2.35. The Balaban J connectivity index is 1.84. The van der Waals surface area contributed by atoms with E-state index in [0.29, 0.717) is 24.8 Å². The van der Waals surface area contributed by atoms with E-state index >= 15 is 0 Å². The van der Waals surface area contributed by atoms with E-state index in [2.05, 4.69) is 13.0 Å². The van der Waals surface area contributed by atoms with Crippen molar-refractivity contribution in [2.75, 3.05) is 12.4 Å². The maximum absolute atomic E-state index is 12.4. The van der Waals surface area contributed by atoms with Crippen LogP contribution < -0.4 is 0 Å². The van der Waals surface area contributed by atoms with Crippen LogP contribution in [0.15, 0.2) is 53.1 Å². The van der Waals surface area contributed by atoms with Crippen LogP contribution in [0.1, 0.15) is 51.5 Å². The lowest BCUT2D eigenvalue weighted by Crippen LogP contribution is -2.29. The zero-order valence-corrected chi connectivity index (χ0v) is 19.0. The number of aliphatic hydroxyl groups excluding tert-OH is 2. The van der Waals surface area contributed by atoms with Crippen LogP contribution in [0.25, 0.3) is 16.8 Å². The third-order valence-electron chi connectivity index (χ3n) is 6.13. The molecule has 3 N–H and O–H groups in total. The SMILES string of the molecule is CCCC1=C([C@H](O)CC/C(=C/c2ccc(O)c3ccccc23)CC)[C@H](CO)S(=O)(=O)C1. The first kappa shape index (κ1) is 23.5. The highest BCUT2D eigenvalue weighted by molar-refractivity contribution is 7.92. The van der Waals surface area contributed by atoms with Gasteiger partial charge in [0.15, 0.2) is 9.84 Å². The Morgan fingerprint density at radius 1 is 1.16 bits per heavy atom. The molecule has 31 heavy (non-hydrogen) atoms. The average Bonchev–Trinajstić information content (AvgIpc) is 3.02. The number of aliphatic hydroxyl groups is 2. The van der Waals surface area contributed by atoms with Crippen LogP contribution in [0.2, 0.25) is 0 Å². The Bertz CT molecular complexity index is 1100. The number of allylic oxidation sites excluding steroid dienone is 1. The second-order valence-corrected chi connectivity index (χ2v) is 10.4. The van der Waals surface area contributed by atoms with E-state index in [1.165, 1.54) is 0 Å². The van der Waals surface area contributed by atoms with Gasteiger partial charge in [-0.25, -0.2) is 8.42 Å². The Labute approximate surface area is 184 Å². The van der Waals surface area contributed by atoms with Crippen LogP contribution in [-0.4, -0.2) is 47.5 Å². The second kappa shape index (κ2) is 9.98. The number of rotatable bonds is 9. The first-order valence-corrected chi connectivity index (χ1v) is 12.7. The van der Waals surface area contributed by atoms with E-state index in [4.69, 9.17) is 0 Å². The molecule has 0 amide bonds. The van der Waals surface area contributed by atoms with E-state index < -0.39 is 27.8 Å². The first-order valence-electron chi connectivity index (χ1n) is 10.9. The van der Waals surface area contributed by atoms with E-state index in [9.17, 15) is 23.7 Å². The lowest BCUT2D eigenvalue weighted by Gasteiger charge is -2.19. The number of fused-ring (bicyclic) bond motifs is 1. The van der Waals surface area contributed by atoms with Gasteiger partial charge in [-0.15, -0.1) is 0 Å². The number of hydrogen-bond acceptors (Lipinski definition) is 5. The van der Waals surface area contributed by atoms with Crippen LogP contribution in [0.3, 0.4) is 0 Å². The van der Waals surface area contributed by atoms with Crippen LogP contribution in [0.4, 0.5) is 0 Å². The third kappa shape index (κ3) is 5.03. The topological polar surface area (TPSA) is 94.8 Å². The molecular formula is C25H32O5S. The van der Waals surface area contributed by atoms with Crippen molar-refractivity contribution < 1.29 is 23.7 Å². The minimum Gasteiger partial charge on any atom is -0.507 e. The molecule has 2 aromatic rings. The monoisotopic (exact) mass is 444 g/mol. The van der Waals surface area contributed by atoms with Gasteiger partial charge in [-0.05, 0) is 48.3 Å². The Morgan fingerprint density at radius 3 is 2.52 bits per heavy atom. The predicted molar refractivity (Wildman–Crippen MR) is 126 cm³/mol. The number of phenols is 1. The molecule has 6 heteroatoms. The molecule has 5 nitrogen and oxygen atoms in total. The highest BCUT2D eigenvalue weighted by atomic mass is 32.2. The zero-order valence-electron chi connectivity index (χ0n) is 18.2. The summed E-state index contributed by atoms with van der Waals surface area (Å²) in [6.45, 7) is 3.55. The van der Waals surface area contributed by atoms with E-state index in [-0.39, 0.29) is 11.5 Å². The van der Waals surface area contributed by atoms with Gasteiger partial charge in [0.25, 0.3) is 0 Å². The fourth-order valence-corrected chi connectivity index (χ4v) is 6.44. The minimum atomic E-state index is -3.45. The molecule has 168 valence electrons. The van der Waals surface area contributed by atoms with Crippen molar-refractivity contribution in [1.82, 2.24) is 0 Å². The lowest BCUT2D eigenvalue weighted by molar-refractivity contribution is 0.188. The summed E-state index contributed by atoms with van der Waals surface area (Å²) in [6.07, 6.45) is 4.45. The molecule has 0 unspecified atom stereocenters. The summed E-state index contributed by atoms with van der Waals surface area (Å²) in [5.41, 5.74) is 3.41. The molecule has 0 saturated heterocycles. The van der Waals surface area contributed by atoms with Crippen molar-refractivity contribution in [3.8, 4) is 5.75 Å². The van der Waals surface area contributed by atoms with Gasteiger partial charge < -0.3 is 15.3 Å². The quantitative estimate of drug-likeness (QED) is 0.500. The molecule has 0 radical (unpaired) electrons. The van der Waals surface area contributed by atoms with Crippen molar-refractivity contribution >= 4 is 26.7 Å². The number of sulfone groups is 1. The molecular weight excluding hydrogens is 412 g/mol.